The Balaban J connectivity index is 1.41. The molecule has 0 aliphatic carbocycles. The summed E-state index contributed by atoms with van der Waals surface area (Å²) in [4.78, 5) is 14.3. The van der Waals surface area contributed by atoms with Crippen molar-refractivity contribution in [3.63, 3.8) is 0 Å². The van der Waals surface area contributed by atoms with Crippen molar-refractivity contribution in [2.45, 2.75) is 13.0 Å². The van der Waals surface area contributed by atoms with Crippen molar-refractivity contribution < 1.29 is 9.53 Å². The Hall–Kier alpha value is -3.33. The molecule has 0 amide bonds. The smallest absolute Gasteiger partial charge is 0.325 e. The molecule has 0 N–H and O–H groups in total. The van der Waals surface area contributed by atoms with Gasteiger partial charge >= 0.3 is 5.97 Å². The number of nitrogens with zero attached hydrogens (tertiary/aromatic N) is 1. The molecule has 3 aromatic rings. The molecule has 1 aliphatic rings. The molecule has 0 saturated heterocycles. The van der Waals surface area contributed by atoms with Gasteiger partial charge in [0.05, 0.1) is 0 Å². The molecule has 3 nitrogen and oxygen atoms in total. The van der Waals surface area contributed by atoms with E-state index in [2.05, 4.69) is 49.0 Å². The molecular formula is C25H23NO2. The van der Waals surface area contributed by atoms with E-state index in [9.17, 15) is 4.79 Å². The molecule has 0 atom stereocenters. The highest BCUT2D eigenvalue weighted by Gasteiger charge is 2.22. The van der Waals surface area contributed by atoms with Gasteiger partial charge in [-0.1, -0.05) is 85.4 Å². The second-order valence-electron chi connectivity index (χ2n) is 7.00. The topological polar surface area (TPSA) is 29.5 Å². The van der Waals surface area contributed by atoms with E-state index in [0.29, 0.717) is 6.61 Å². The molecule has 1 heterocycles. The van der Waals surface area contributed by atoms with Gasteiger partial charge in [-0.3, -0.25) is 4.79 Å². The Bertz CT molecular complexity index is 980. The number of carbonyl (C=O) groups excluding carboxylic acids is 1. The molecule has 0 spiro atoms. The van der Waals surface area contributed by atoms with Crippen LogP contribution < -0.4 is 0 Å². The minimum absolute atomic E-state index is 0.227. The number of carbonyl (C=O) groups is 1. The molecule has 0 saturated carbocycles. The van der Waals surface area contributed by atoms with Crippen molar-refractivity contribution in [1.29, 1.82) is 0 Å². The Kier molecular flexibility index (Phi) is 5.24. The van der Waals surface area contributed by atoms with E-state index >= 15 is 0 Å². The second kappa shape index (κ2) is 8.13. The number of benzene rings is 3. The number of hydrogen-bond donors (Lipinski definition) is 0. The van der Waals surface area contributed by atoms with Crippen LogP contribution in [0.3, 0.4) is 0 Å². The maximum absolute atomic E-state index is 12.3. The maximum Gasteiger partial charge on any atom is 0.325 e. The van der Waals surface area contributed by atoms with E-state index in [0.717, 1.165) is 29.8 Å². The first-order valence-electron chi connectivity index (χ1n) is 9.53. The SMILES string of the molecule is C=C1c2ccc(-c3ccccc3)cc2CCN1CC(=O)OCc1ccccc1. The molecule has 4 rings (SSSR count). The summed E-state index contributed by atoms with van der Waals surface area (Å²) < 4.78 is 5.42. The van der Waals surface area contributed by atoms with Crippen LogP contribution in [0.1, 0.15) is 16.7 Å². The summed E-state index contributed by atoms with van der Waals surface area (Å²) >= 11 is 0. The van der Waals surface area contributed by atoms with Crippen molar-refractivity contribution in [2.75, 3.05) is 13.1 Å². The molecule has 3 heteroatoms. The van der Waals surface area contributed by atoms with E-state index in [-0.39, 0.29) is 12.5 Å². The van der Waals surface area contributed by atoms with Gasteiger partial charge in [-0.2, -0.15) is 0 Å². The molecule has 0 bridgehead atoms. The zero-order valence-electron chi connectivity index (χ0n) is 15.8. The van der Waals surface area contributed by atoms with Crippen LogP contribution in [0.2, 0.25) is 0 Å². The van der Waals surface area contributed by atoms with E-state index in [1.165, 1.54) is 16.7 Å². The van der Waals surface area contributed by atoms with Gasteiger partial charge in [0, 0.05) is 17.8 Å². The van der Waals surface area contributed by atoms with E-state index < -0.39 is 0 Å². The van der Waals surface area contributed by atoms with Gasteiger partial charge in [0.2, 0.25) is 0 Å². The van der Waals surface area contributed by atoms with E-state index in [4.69, 9.17) is 4.74 Å². The molecule has 28 heavy (non-hydrogen) atoms. The highest BCUT2D eigenvalue weighted by molar-refractivity contribution is 5.77. The standard InChI is InChI=1S/C25H23NO2/c1-19-24-13-12-22(21-10-6-3-7-11-21)16-23(24)14-15-26(19)17-25(27)28-18-20-8-4-2-5-9-20/h2-13,16H,1,14-15,17-18H2. The highest BCUT2D eigenvalue weighted by atomic mass is 16.5. The third kappa shape index (κ3) is 3.99. The van der Waals surface area contributed by atoms with Crippen molar-refractivity contribution >= 4 is 11.7 Å². The van der Waals surface area contributed by atoms with E-state index in [1.807, 2.05) is 41.3 Å². The fourth-order valence-electron chi connectivity index (χ4n) is 3.57. The van der Waals surface area contributed by atoms with Crippen LogP contribution in [-0.2, 0) is 22.6 Å². The average Bonchev–Trinajstić information content (AvgIpc) is 2.75. The lowest BCUT2D eigenvalue weighted by Gasteiger charge is -2.32. The minimum Gasteiger partial charge on any atom is -0.459 e. The number of esters is 1. The minimum atomic E-state index is -0.227. The molecule has 140 valence electrons. The van der Waals surface area contributed by atoms with Gasteiger partial charge in [0.25, 0.3) is 0 Å². The van der Waals surface area contributed by atoms with Crippen LogP contribution in [0.15, 0.2) is 85.4 Å². The predicted octanol–water partition coefficient (Wildman–Crippen LogP) is 4.93. The largest absolute Gasteiger partial charge is 0.459 e. The number of rotatable bonds is 5. The van der Waals surface area contributed by atoms with Gasteiger partial charge in [-0.05, 0) is 28.7 Å². The highest BCUT2D eigenvalue weighted by Crippen LogP contribution is 2.31. The van der Waals surface area contributed by atoms with E-state index in [1.54, 1.807) is 0 Å². The zero-order valence-corrected chi connectivity index (χ0v) is 15.8. The molecular weight excluding hydrogens is 346 g/mol. The van der Waals surface area contributed by atoms with Gasteiger partial charge in [-0.25, -0.2) is 0 Å². The summed E-state index contributed by atoms with van der Waals surface area (Å²) in [5, 5.41) is 0. The van der Waals surface area contributed by atoms with Crippen molar-refractivity contribution in [3.05, 3.63) is 102 Å². The monoisotopic (exact) mass is 369 g/mol. The summed E-state index contributed by atoms with van der Waals surface area (Å²) in [7, 11) is 0. The van der Waals surface area contributed by atoms with Gasteiger partial charge < -0.3 is 9.64 Å². The lowest BCUT2D eigenvalue weighted by Crippen LogP contribution is -2.34. The predicted molar refractivity (Wildman–Crippen MR) is 112 cm³/mol. The van der Waals surface area contributed by atoms with Crippen LogP contribution in [0.5, 0.6) is 0 Å². The lowest BCUT2D eigenvalue weighted by atomic mass is 9.93. The first-order chi connectivity index (χ1) is 13.7. The second-order valence-corrected chi connectivity index (χ2v) is 7.00. The summed E-state index contributed by atoms with van der Waals surface area (Å²) in [6, 6.07) is 26.6. The fourth-order valence-corrected chi connectivity index (χ4v) is 3.57. The van der Waals surface area contributed by atoms with Crippen LogP contribution in [0.4, 0.5) is 0 Å². The number of fused-ring (bicyclic) bond motifs is 1. The number of hydrogen-bond acceptors (Lipinski definition) is 3. The van der Waals surface area contributed by atoms with Gasteiger partial charge in [-0.15, -0.1) is 0 Å². The first kappa shape index (κ1) is 18.1. The molecule has 0 unspecified atom stereocenters. The van der Waals surface area contributed by atoms with Crippen LogP contribution >= 0.6 is 0 Å². The van der Waals surface area contributed by atoms with Gasteiger partial charge in [0.15, 0.2) is 0 Å². The zero-order chi connectivity index (χ0) is 19.3. The third-order valence-electron chi connectivity index (χ3n) is 5.12. The molecule has 0 radical (unpaired) electrons. The van der Waals surface area contributed by atoms with Crippen molar-refractivity contribution in [1.82, 2.24) is 4.90 Å². The maximum atomic E-state index is 12.3. The Morgan fingerprint density at radius 3 is 2.39 bits per heavy atom. The normalized spacial score (nSPS) is 13.1. The summed E-state index contributed by atoms with van der Waals surface area (Å²) in [6.45, 7) is 5.53. The number of ether oxygens (including phenoxy) is 1. The van der Waals surface area contributed by atoms with Crippen molar-refractivity contribution in [3.8, 4) is 11.1 Å². The Labute approximate surface area is 165 Å². The Morgan fingerprint density at radius 2 is 1.64 bits per heavy atom. The van der Waals surface area contributed by atoms with Crippen LogP contribution in [-0.4, -0.2) is 24.0 Å². The summed E-state index contributed by atoms with van der Waals surface area (Å²) in [5.41, 5.74) is 6.69. The lowest BCUT2D eigenvalue weighted by molar-refractivity contribution is -0.145. The molecule has 3 aromatic carbocycles. The summed E-state index contributed by atoms with van der Waals surface area (Å²) in [6.07, 6.45) is 0.890. The Morgan fingerprint density at radius 1 is 0.929 bits per heavy atom. The van der Waals surface area contributed by atoms with Gasteiger partial charge in [0.1, 0.15) is 13.2 Å². The average molecular weight is 369 g/mol. The third-order valence-corrected chi connectivity index (χ3v) is 5.12. The first-order valence-corrected chi connectivity index (χ1v) is 9.53. The summed E-state index contributed by atoms with van der Waals surface area (Å²) in [5.74, 6) is -0.227. The molecule has 0 aromatic heterocycles. The van der Waals surface area contributed by atoms with Crippen LogP contribution in [0, 0.1) is 0 Å². The molecule has 1 aliphatic heterocycles. The fraction of sp³-hybridized carbons (Fsp3) is 0.160. The molecule has 0 fully saturated rings. The van der Waals surface area contributed by atoms with Crippen LogP contribution in [0.25, 0.3) is 16.8 Å². The van der Waals surface area contributed by atoms with Crippen molar-refractivity contribution in [2.24, 2.45) is 0 Å². The quantitative estimate of drug-likeness (QED) is 0.598.